The van der Waals surface area contributed by atoms with Crippen molar-refractivity contribution in [3.8, 4) is 0 Å². The van der Waals surface area contributed by atoms with Gasteiger partial charge >= 0.3 is 5.97 Å². The van der Waals surface area contributed by atoms with Crippen molar-refractivity contribution in [3.05, 3.63) is 0 Å². The summed E-state index contributed by atoms with van der Waals surface area (Å²) in [7, 11) is 0. The molecule has 0 atom stereocenters. The molecule has 2 nitrogen and oxygen atoms in total. The van der Waals surface area contributed by atoms with E-state index in [1.165, 1.54) is 19.3 Å². The molecule has 74 valence electrons. The molecule has 0 unspecified atom stereocenters. The highest BCUT2D eigenvalue weighted by Crippen LogP contribution is 1.88. The molecule has 0 N–H and O–H groups in total. The van der Waals surface area contributed by atoms with Crippen molar-refractivity contribution in [3.63, 3.8) is 0 Å². The van der Waals surface area contributed by atoms with Gasteiger partial charge in [-0.3, -0.25) is 4.79 Å². The first kappa shape index (κ1) is 14.0. The molecule has 0 aromatic carbocycles. The van der Waals surface area contributed by atoms with E-state index >= 15 is 0 Å². The molecule has 0 aromatic heterocycles. The second-order valence-corrected chi connectivity index (χ2v) is 2.51. The van der Waals surface area contributed by atoms with E-state index in [4.69, 9.17) is 0 Å². The van der Waals surface area contributed by atoms with Crippen LogP contribution in [0.1, 0.15) is 53.4 Å². The van der Waals surface area contributed by atoms with Gasteiger partial charge in [0.05, 0.1) is 6.61 Å². The van der Waals surface area contributed by atoms with E-state index in [9.17, 15) is 4.79 Å². The van der Waals surface area contributed by atoms with Gasteiger partial charge < -0.3 is 4.74 Å². The minimum atomic E-state index is -0.123. The van der Waals surface area contributed by atoms with Crippen LogP contribution in [-0.4, -0.2) is 12.6 Å². The standard InChI is InChI=1S/C5H10O2.C5H12/c1-3-5(6)7-4-2;1-3-5-4-2/h3-4H2,1-2H3;3-5H2,1-2H3. The maximum Gasteiger partial charge on any atom is 0.305 e. The highest BCUT2D eigenvalue weighted by Gasteiger charge is 1.91. The molecule has 2 heteroatoms. The number of ether oxygens (including phenoxy) is 1. The Morgan fingerprint density at radius 1 is 1.08 bits per heavy atom. The molecule has 0 rings (SSSR count). The number of unbranched alkanes of at least 4 members (excludes halogenated alkanes) is 2. The zero-order valence-electron chi connectivity index (χ0n) is 8.85. The third kappa shape index (κ3) is 16.2. The van der Waals surface area contributed by atoms with E-state index < -0.39 is 0 Å². The molecule has 0 bridgehead atoms. The van der Waals surface area contributed by atoms with Gasteiger partial charge in [-0.1, -0.05) is 40.0 Å². The first-order valence-corrected chi connectivity index (χ1v) is 4.88. The summed E-state index contributed by atoms with van der Waals surface area (Å²) in [5.41, 5.74) is 0. The number of esters is 1. The maximum atomic E-state index is 10.2. The van der Waals surface area contributed by atoms with Crippen LogP contribution in [0.3, 0.4) is 0 Å². The molecule has 0 spiro atoms. The van der Waals surface area contributed by atoms with Crippen molar-refractivity contribution in [2.75, 3.05) is 6.61 Å². The lowest BCUT2D eigenvalue weighted by atomic mass is 10.3. The number of rotatable bonds is 4. The third-order valence-corrected chi connectivity index (χ3v) is 1.30. The molecule has 0 fully saturated rings. The Morgan fingerprint density at radius 2 is 1.58 bits per heavy atom. The summed E-state index contributed by atoms with van der Waals surface area (Å²) in [5, 5.41) is 0. The molecular formula is C10H22O2. The summed E-state index contributed by atoms with van der Waals surface area (Å²) in [4.78, 5) is 10.2. The number of carbonyl (C=O) groups excluding carboxylic acids is 1. The van der Waals surface area contributed by atoms with Crippen LogP contribution in [0.5, 0.6) is 0 Å². The van der Waals surface area contributed by atoms with Crippen molar-refractivity contribution >= 4 is 5.97 Å². The molecule has 0 saturated carbocycles. The van der Waals surface area contributed by atoms with E-state index in [1.54, 1.807) is 13.8 Å². The summed E-state index contributed by atoms with van der Waals surface area (Å²) in [6.07, 6.45) is 4.56. The minimum absolute atomic E-state index is 0.123. The van der Waals surface area contributed by atoms with Crippen LogP contribution in [0.15, 0.2) is 0 Å². The average Bonchev–Trinajstić information content (AvgIpc) is 2.07. The van der Waals surface area contributed by atoms with Crippen LogP contribution in [0.4, 0.5) is 0 Å². The molecule has 0 aliphatic carbocycles. The number of carbonyl (C=O) groups is 1. The van der Waals surface area contributed by atoms with Gasteiger partial charge in [0.1, 0.15) is 0 Å². The topological polar surface area (TPSA) is 26.3 Å². The predicted molar refractivity (Wildman–Crippen MR) is 52.1 cm³/mol. The Kier molecular flexibility index (Phi) is 15.3. The van der Waals surface area contributed by atoms with Crippen LogP contribution in [0.25, 0.3) is 0 Å². The molecule has 0 aliphatic rings. The smallest absolute Gasteiger partial charge is 0.305 e. The lowest BCUT2D eigenvalue weighted by Gasteiger charge is -1.93. The zero-order chi connectivity index (χ0) is 9.82. The molecule has 0 aromatic rings. The fraction of sp³-hybridized carbons (Fsp3) is 0.900. The summed E-state index contributed by atoms with van der Waals surface area (Å²) in [6, 6.07) is 0. The van der Waals surface area contributed by atoms with Gasteiger partial charge in [0.25, 0.3) is 0 Å². The van der Waals surface area contributed by atoms with Crippen LogP contribution in [0, 0.1) is 0 Å². The van der Waals surface area contributed by atoms with Gasteiger partial charge in [0, 0.05) is 6.42 Å². The first-order chi connectivity index (χ1) is 5.72. The summed E-state index contributed by atoms with van der Waals surface area (Å²) >= 11 is 0. The van der Waals surface area contributed by atoms with Crippen LogP contribution in [0.2, 0.25) is 0 Å². The van der Waals surface area contributed by atoms with E-state index in [2.05, 4.69) is 18.6 Å². The first-order valence-electron chi connectivity index (χ1n) is 4.88. The van der Waals surface area contributed by atoms with Crippen molar-refractivity contribution in [1.82, 2.24) is 0 Å². The van der Waals surface area contributed by atoms with Crippen LogP contribution in [-0.2, 0) is 9.53 Å². The Labute approximate surface area is 76.3 Å². The van der Waals surface area contributed by atoms with E-state index in [0.717, 1.165) is 0 Å². The normalized spacial score (nSPS) is 8.33. The lowest BCUT2D eigenvalue weighted by Crippen LogP contribution is -2.00. The molecule has 0 saturated heterocycles. The quantitative estimate of drug-likeness (QED) is 0.612. The molecular weight excluding hydrogens is 152 g/mol. The van der Waals surface area contributed by atoms with Gasteiger partial charge in [-0.05, 0) is 6.92 Å². The van der Waals surface area contributed by atoms with Gasteiger partial charge in [-0.25, -0.2) is 0 Å². The lowest BCUT2D eigenvalue weighted by molar-refractivity contribution is -0.142. The molecule has 0 heterocycles. The van der Waals surface area contributed by atoms with E-state index in [0.29, 0.717) is 13.0 Å². The summed E-state index contributed by atoms with van der Waals surface area (Å²) in [5.74, 6) is -0.123. The highest BCUT2D eigenvalue weighted by atomic mass is 16.5. The molecule has 0 amide bonds. The largest absolute Gasteiger partial charge is 0.466 e. The second kappa shape index (κ2) is 13.1. The van der Waals surface area contributed by atoms with E-state index in [1.807, 2.05) is 0 Å². The number of hydrogen-bond donors (Lipinski definition) is 0. The third-order valence-electron chi connectivity index (χ3n) is 1.30. The second-order valence-electron chi connectivity index (χ2n) is 2.51. The molecule has 0 radical (unpaired) electrons. The molecule has 0 aliphatic heterocycles. The predicted octanol–water partition coefficient (Wildman–Crippen LogP) is 3.16. The highest BCUT2D eigenvalue weighted by molar-refractivity contribution is 5.68. The van der Waals surface area contributed by atoms with Gasteiger partial charge in [-0.2, -0.15) is 0 Å². The van der Waals surface area contributed by atoms with Gasteiger partial charge in [-0.15, -0.1) is 0 Å². The van der Waals surface area contributed by atoms with Gasteiger partial charge in [0.15, 0.2) is 0 Å². The number of hydrogen-bond acceptors (Lipinski definition) is 2. The van der Waals surface area contributed by atoms with Crippen molar-refractivity contribution < 1.29 is 9.53 Å². The Balaban J connectivity index is 0. The van der Waals surface area contributed by atoms with Gasteiger partial charge in [0.2, 0.25) is 0 Å². The fourth-order valence-electron chi connectivity index (χ4n) is 0.617. The Bertz CT molecular complexity index is 87.8. The van der Waals surface area contributed by atoms with Crippen LogP contribution < -0.4 is 0 Å². The average molecular weight is 174 g/mol. The molecule has 12 heavy (non-hydrogen) atoms. The van der Waals surface area contributed by atoms with Crippen molar-refractivity contribution in [2.45, 2.75) is 53.4 Å². The maximum absolute atomic E-state index is 10.2. The van der Waals surface area contributed by atoms with Crippen LogP contribution >= 0.6 is 0 Å². The Hall–Kier alpha value is -0.530. The Morgan fingerprint density at radius 3 is 1.67 bits per heavy atom. The minimum Gasteiger partial charge on any atom is -0.466 e. The van der Waals surface area contributed by atoms with Crippen molar-refractivity contribution in [1.29, 1.82) is 0 Å². The fourth-order valence-corrected chi connectivity index (χ4v) is 0.617. The summed E-state index contributed by atoms with van der Waals surface area (Å²) in [6.45, 7) is 8.49. The van der Waals surface area contributed by atoms with E-state index in [-0.39, 0.29) is 5.97 Å². The zero-order valence-corrected chi connectivity index (χ0v) is 8.85. The monoisotopic (exact) mass is 174 g/mol. The SMILES string of the molecule is CCCCC.CCOC(=O)CC. The van der Waals surface area contributed by atoms with Crippen molar-refractivity contribution in [2.24, 2.45) is 0 Å². The summed E-state index contributed by atoms with van der Waals surface area (Å²) < 4.78 is 4.55.